The van der Waals surface area contributed by atoms with Gasteiger partial charge in [-0.25, -0.2) is 4.79 Å². The van der Waals surface area contributed by atoms with Crippen LogP contribution in [-0.4, -0.2) is 56.8 Å². The molecular formula is C12H25ClN2O2. The monoisotopic (exact) mass is 264 g/mol. The lowest BCUT2D eigenvalue weighted by molar-refractivity contribution is -0.870. The Morgan fingerprint density at radius 1 is 1.29 bits per heavy atom. The van der Waals surface area contributed by atoms with Gasteiger partial charge in [-0.05, 0) is 19.4 Å². The molecule has 0 radical (unpaired) electrons. The lowest BCUT2D eigenvalue weighted by Crippen LogP contribution is -3.00. The van der Waals surface area contributed by atoms with Crippen molar-refractivity contribution in [1.29, 1.82) is 0 Å². The first-order valence-electron chi connectivity index (χ1n) is 5.58. The van der Waals surface area contributed by atoms with Gasteiger partial charge in [0.2, 0.25) is 0 Å². The van der Waals surface area contributed by atoms with Crippen LogP contribution >= 0.6 is 0 Å². The standard InChI is InChI=1S/C12H25N2O2.ClH/c1-11(2)10-16-12(15)13(3)8-7-9-14(4,5)6;/h10H,7-9H2,1-6H3;1H/q+1;/p-1. The van der Waals surface area contributed by atoms with Crippen LogP contribution in [0.3, 0.4) is 0 Å². The Labute approximate surface area is 111 Å². The summed E-state index contributed by atoms with van der Waals surface area (Å²) < 4.78 is 5.88. The van der Waals surface area contributed by atoms with Crippen molar-refractivity contribution in [3.63, 3.8) is 0 Å². The topological polar surface area (TPSA) is 29.5 Å². The van der Waals surface area contributed by atoms with E-state index in [1.807, 2.05) is 13.8 Å². The van der Waals surface area contributed by atoms with Gasteiger partial charge in [0.05, 0.1) is 33.9 Å². The number of halogens is 1. The van der Waals surface area contributed by atoms with Crippen molar-refractivity contribution < 1.29 is 26.4 Å². The van der Waals surface area contributed by atoms with Crippen LogP contribution in [0.2, 0.25) is 0 Å². The van der Waals surface area contributed by atoms with E-state index in [1.54, 1.807) is 11.9 Å². The molecule has 4 nitrogen and oxygen atoms in total. The van der Waals surface area contributed by atoms with E-state index >= 15 is 0 Å². The largest absolute Gasteiger partial charge is 1.00 e. The summed E-state index contributed by atoms with van der Waals surface area (Å²) in [5, 5.41) is 0. The van der Waals surface area contributed by atoms with E-state index in [-0.39, 0.29) is 18.5 Å². The Hall–Kier alpha value is -0.740. The summed E-state index contributed by atoms with van der Waals surface area (Å²) in [6.07, 6.45) is 2.17. The van der Waals surface area contributed by atoms with Crippen LogP contribution in [0.4, 0.5) is 4.79 Å². The average molecular weight is 265 g/mol. The summed E-state index contributed by atoms with van der Waals surface area (Å²) in [6, 6.07) is 0. The molecule has 0 aliphatic rings. The van der Waals surface area contributed by atoms with Gasteiger partial charge in [-0.3, -0.25) is 0 Å². The van der Waals surface area contributed by atoms with Gasteiger partial charge in [0.15, 0.2) is 0 Å². The Kier molecular flexibility index (Phi) is 9.16. The molecule has 0 spiro atoms. The van der Waals surface area contributed by atoms with E-state index < -0.39 is 0 Å². The molecule has 0 aromatic carbocycles. The van der Waals surface area contributed by atoms with Gasteiger partial charge in [0, 0.05) is 20.0 Å². The second-order valence-electron chi connectivity index (χ2n) is 5.37. The minimum Gasteiger partial charge on any atom is -1.00 e. The Balaban J connectivity index is 0. The molecule has 0 aliphatic carbocycles. The number of carbonyl (C=O) groups excluding carboxylic acids is 1. The number of nitrogens with zero attached hydrogens (tertiary/aromatic N) is 2. The molecule has 102 valence electrons. The maximum Gasteiger partial charge on any atom is 0.414 e. The van der Waals surface area contributed by atoms with E-state index in [0.717, 1.165) is 29.6 Å². The molecule has 5 heteroatoms. The van der Waals surface area contributed by atoms with E-state index in [2.05, 4.69) is 21.1 Å². The molecule has 0 atom stereocenters. The van der Waals surface area contributed by atoms with E-state index in [4.69, 9.17) is 4.74 Å². The molecule has 0 N–H and O–H groups in total. The van der Waals surface area contributed by atoms with E-state index in [1.165, 1.54) is 6.26 Å². The van der Waals surface area contributed by atoms with Gasteiger partial charge in [-0.2, -0.15) is 0 Å². The highest BCUT2D eigenvalue weighted by Crippen LogP contribution is 1.99. The fraction of sp³-hybridized carbons (Fsp3) is 0.750. The highest BCUT2D eigenvalue weighted by molar-refractivity contribution is 5.67. The molecule has 1 amide bonds. The van der Waals surface area contributed by atoms with Crippen LogP contribution in [-0.2, 0) is 4.74 Å². The molecule has 0 saturated heterocycles. The summed E-state index contributed by atoms with van der Waals surface area (Å²) in [5.74, 6) is 0. The van der Waals surface area contributed by atoms with Crippen molar-refractivity contribution in [2.75, 3.05) is 41.3 Å². The first kappa shape index (κ1) is 18.6. The number of ether oxygens (including phenoxy) is 1. The molecule has 0 heterocycles. The third-order valence-electron chi connectivity index (χ3n) is 2.03. The number of amides is 1. The zero-order valence-electron chi connectivity index (χ0n) is 11.8. The second kappa shape index (κ2) is 8.37. The van der Waals surface area contributed by atoms with Gasteiger partial charge < -0.3 is 26.5 Å². The average Bonchev–Trinajstić information content (AvgIpc) is 2.11. The normalized spacial score (nSPS) is 10.2. The minimum atomic E-state index is -0.289. The maximum atomic E-state index is 11.5. The first-order valence-corrected chi connectivity index (χ1v) is 5.58. The molecule has 0 saturated carbocycles. The van der Waals surface area contributed by atoms with Crippen LogP contribution in [0.1, 0.15) is 20.3 Å². The highest BCUT2D eigenvalue weighted by atomic mass is 35.5. The number of hydrogen-bond acceptors (Lipinski definition) is 2. The van der Waals surface area contributed by atoms with E-state index in [0.29, 0.717) is 0 Å². The maximum absolute atomic E-state index is 11.5. The number of hydrogen-bond donors (Lipinski definition) is 0. The molecule has 0 fully saturated rings. The van der Waals surface area contributed by atoms with Gasteiger partial charge in [0.1, 0.15) is 0 Å². The van der Waals surface area contributed by atoms with Crippen LogP contribution < -0.4 is 12.4 Å². The summed E-state index contributed by atoms with van der Waals surface area (Å²) in [4.78, 5) is 13.1. The summed E-state index contributed by atoms with van der Waals surface area (Å²) in [6.45, 7) is 5.56. The minimum absolute atomic E-state index is 0. The smallest absolute Gasteiger partial charge is 0.414 e. The second-order valence-corrected chi connectivity index (χ2v) is 5.37. The zero-order chi connectivity index (χ0) is 12.8. The van der Waals surface area contributed by atoms with Crippen molar-refractivity contribution in [3.05, 3.63) is 11.8 Å². The van der Waals surface area contributed by atoms with Gasteiger partial charge in [-0.1, -0.05) is 0 Å². The zero-order valence-corrected chi connectivity index (χ0v) is 12.5. The van der Waals surface area contributed by atoms with Crippen LogP contribution in [0, 0.1) is 0 Å². The first-order chi connectivity index (χ1) is 7.22. The Morgan fingerprint density at radius 3 is 2.24 bits per heavy atom. The molecule has 0 rings (SSSR count). The predicted molar refractivity (Wildman–Crippen MR) is 66.1 cm³/mol. The number of allylic oxidation sites excluding steroid dienone is 1. The van der Waals surface area contributed by atoms with Crippen molar-refractivity contribution in [1.82, 2.24) is 4.90 Å². The molecule has 0 aromatic rings. The van der Waals surface area contributed by atoms with Crippen molar-refractivity contribution in [2.45, 2.75) is 20.3 Å². The molecule has 0 aromatic heterocycles. The van der Waals surface area contributed by atoms with Crippen LogP contribution in [0.25, 0.3) is 0 Å². The Morgan fingerprint density at radius 2 is 1.82 bits per heavy atom. The molecular weight excluding hydrogens is 240 g/mol. The van der Waals surface area contributed by atoms with E-state index in [9.17, 15) is 4.79 Å². The summed E-state index contributed by atoms with van der Waals surface area (Å²) in [5.41, 5.74) is 0.980. The number of rotatable bonds is 5. The lowest BCUT2D eigenvalue weighted by atomic mass is 10.3. The number of quaternary nitrogens is 1. The lowest BCUT2D eigenvalue weighted by Gasteiger charge is -2.25. The third-order valence-corrected chi connectivity index (χ3v) is 2.03. The third kappa shape index (κ3) is 11.5. The molecule has 0 unspecified atom stereocenters. The van der Waals surface area contributed by atoms with Crippen molar-refractivity contribution in [3.8, 4) is 0 Å². The van der Waals surface area contributed by atoms with Crippen molar-refractivity contribution >= 4 is 6.09 Å². The molecule has 17 heavy (non-hydrogen) atoms. The van der Waals surface area contributed by atoms with Crippen molar-refractivity contribution in [2.24, 2.45) is 0 Å². The number of carbonyl (C=O) groups is 1. The fourth-order valence-corrected chi connectivity index (χ4v) is 1.13. The van der Waals surface area contributed by atoms with Crippen LogP contribution in [0.5, 0.6) is 0 Å². The summed E-state index contributed by atoms with van der Waals surface area (Å²) >= 11 is 0. The predicted octanol–water partition coefficient (Wildman–Crippen LogP) is -0.921. The molecule has 0 aliphatic heterocycles. The SMILES string of the molecule is CC(C)=COC(=O)N(C)CCC[N+](C)(C)C.[Cl-]. The highest BCUT2D eigenvalue weighted by Gasteiger charge is 2.11. The van der Waals surface area contributed by atoms with Gasteiger partial charge >= 0.3 is 6.09 Å². The quantitative estimate of drug-likeness (QED) is 0.475. The van der Waals surface area contributed by atoms with Gasteiger partial charge in [-0.15, -0.1) is 0 Å². The fourth-order valence-electron chi connectivity index (χ4n) is 1.13. The summed E-state index contributed by atoms with van der Waals surface area (Å²) in [7, 11) is 8.18. The molecule has 0 bridgehead atoms. The van der Waals surface area contributed by atoms with Crippen LogP contribution in [0.15, 0.2) is 11.8 Å². The Bertz CT molecular complexity index is 256. The van der Waals surface area contributed by atoms with Gasteiger partial charge in [0.25, 0.3) is 0 Å².